The molecule has 2 aliphatic rings. The molecule has 5 rings (SSSR count). The second-order valence-corrected chi connectivity index (χ2v) is 9.39. The van der Waals surface area contributed by atoms with Crippen molar-refractivity contribution >= 4 is 35.5 Å². The molecule has 2 unspecified atom stereocenters. The number of thioether (sulfide) groups is 1. The summed E-state index contributed by atoms with van der Waals surface area (Å²) in [7, 11) is 0. The molecule has 2 aromatic carbocycles. The van der Waals surface area contributed by atoms with Crippen LogP contribution in [0.25, 0.3) is 11.1 Å². The van der Waals surface area contributed by atoms with E-state index >= 15 is 0 Å². The van der Waals surface area contributed by atoms with E-state index in [2.05, 4.69) is 15.6 Å². The van der Waals surface area contributed by atoms with E-state index < -0.39 is 24.0 Å². The Morgan fingerprint density at radius 3 is 2.40 bits per heavy atom. The highest BCUT2D eigenvalue weighted by Gasteiger charge is 2.43. The van der Waals surface area contributed by atoms with Gasteiger partial charge in [0, 0.05) is 11.7 Å². The molecule has 0 bridgehead atoms. The van der Waals surface area contributed by atoms with Crippen LogP contribution in [0.1, 0.15) is 40.9 Å². The molecule has 11 heteroatoms. The van der Waals surface area contributed by atoms with Gasteiger partial charge >= 0.3 is 12.1 Å². The van der Waals surface area contributed by atoms with Gasteiger partial charge < -0.3 is 14.7 Å². The molecule has 1 fully saturated rings. The number of carbonyl (C=O) groups excluding carboxylic acids is 2. The summed E-state index contributed by atoms with van der Waals surface area (Å²) in [6, 6.07) is 14.9. The second-order valence-electron chi connectivity index (χ2n) is 8.17. The molecule has 3 aromatic rings. The number of rotatable bonds is 6. The van der Waals surface area contributed by atoms with E-state index in [1.807, 2.05) is 55.5 Å². The van der Waals surface area contributed by atoms with Gasteiger partial charge in [-0.05, 0) is 39.0 Å². The van der Waals surface area contributed by atoms with Crippen LogP contribution in [0.3, 0.4) is 0 Å². The summed E-state index contributed by atoms with van der Waals surface area (Å²) in [6.45, 7) is 1.94. The van der Waals surface area contributed by atoms with Crippen molar-refractivity contribution in [3.63, 3.8) is 0 Å². The SMILES string of the molecule is CCC1SCC(C(=O)O)N1C(=O)c1nonc1NC(=O)OCC1c2ccccc2-c2ccccc21. The summed E-state index contributed by atoms with van der Waals surface area (Å²) in [4.78, 5) is 38.6. The van der Waals surface area contributed by atoms with Crippen LogP contribution in [0.15, 0.2) is 53.2 Å². The predicted octanol–water partition coefficient (Wildman–Crippen LogP) is 3.81. The van der Waals surface area contributed by atoms with E-state index in [1.54, 1.807) is 0 Å². The molecule has 0 spiro atoms. The van der Waals surface area contributed by atoms with Gasteiger partial charge in [-0.3, -0.25) is 10.1 Å². The number of carboxylic acids is 1. The number of carbonyl (C=O) groups is 3. The average molecular weight is 495 g/mol. The standard InChI is InChI=1S/C24H22N4O6S/c1-2-19-28(18(12-35-19)23(30)31)22(29)20-21(27-34-26-20)25-24(32)33-11-17-15-9-5-3-7-13(15)14-8-4-6-10-16(14)17/h3-10,17-19H,2,11-12H2,1H3,(H,30,31)(H,25,27,32). The molecule has 0 radical (unpaired) electrons. The first kappa shape index (κ1) is 22.9. The smallest absolute Gasteiger partial charge is 0.412 e. The summed E-state index contributed by atoms with van der Waals surface area (Å²) < 4.78 is 10.2. The third-order valence-electron chi connectivity index (χ3n) is 6.22. The van der Waals surface area contributed by atoms with Crippen LogP contribution in [0, 0.1) is 0 Å². The van der Waals surface area contributed by atoms with Crippen LogP contribution in [0.5, 0.6) is 0 Å². The molecule has 2 amide bonds. The lowest BCUT2D eigenvalue weighted by atomic mass is 9.98. The minimum atomic E-state index is -1.11. The van der Waals surface area contributed by atoms with Gasteiger partial charge in [0.2, 0.25) is 11.5 Å². The Balaban J connectivity index is 1.29. The lowest BCUT2D eigenvalue weighted by Gasteiger charge is -2.25. The fourth-order valence-electron chi connectivity index (χ4n) is 4.61. The molecule has 2 atom stereocenters. The maximum absolute atomic E-state index is 13.1. The number of anilines is 1. The molecule has 0 saturated carbocycles. The molecule has 1 aliphatic carbocycles. The number of aliphatic carboxylic acids is 1. The first-order valence-electron chi connectivity index (χ1n) is 11.1. The number of nitrogens with one attached hydrogen (secondary N) is 1. The number of benzene rings is 2. The highest BCUT2D eigenvalue weighted by atomic mass is 32.2. The Morgan fingerprint density at radius 1 is 1.11 bits per heavy atom. The highest BCUT2D eigenvalue weighted by Crippen LogP contribution is 2.44. The third kappa shape index (κ3) is 4.12. The van der Waals surface area contributed by atoms with Crippen molar-refractivity contribution in [3.8, 4) is 11.1 Å². The zero-order valence-electron chi connectivity index (χ0n) is 18.7. The molecule has 180 valence electrons. The minimum Gasteiger partial charge on any atom is -0.480 e. The van der Waals surface area contributed by atoms with Crippen molar-refractivity contribution in [2.75, 3.05) is 17.7 Å². The largest absolute Gasteiger partial charge is 0.480 e. The molecule has 1 aliphatic heterocycles. The van der Waals surface area contributed by atoms with Gasteiger partial charge in [0.05, 0.1) is 5.37 Å². The molecular formula is C24H22N4O6S. The van der Waals surface area contributed by atoms with Crippen molar-refractivity contribution in [2.24, 2.45) is 0 Å². The van der Waals surface area contributed by atoms with Crippen molar-refractivity contribution in [1.29, 1.82) is 0 Å². The number of hydrogen-bond acceptors (Lipinski definition) is 8. The number of amides is 2. The van der Waals surface area contributed by atoms with Crippen LogP contribution in [0.4, 0.5) is 10.6 Å². The monoisotopic (exact) mass is 494 g/mol. The number of aromatic nitrogens is 2. The zero-order chi connectivity index (χ0) is 24.5. The predicted molar refractivity (Wildman–Crippen MR) is 127 cm³/mol. The van der Waals surface area contributed by atoms with Crippen LogP contribution < -0.4 is 5.32 Å². The van der Waals surface area contributed by atoms with E-state index in [9.17, 15) is 19.5 Å². The number of fused-ring (bicyclic) bond motifs is 3. The van der Waals surface area contributed by atoms with Crippen molar-refractivity contribution in [3.05, 3.63) is 65.4 Å². The molecule has 1 saturated heterocycles. The van der Waals surface area contributed by atoms with Gasteiger partial charge in [-0.1, -0.05) is 55.5 Å². The topological polar surface area (TPSA) is 135 Å². The first-order chi connectivity index (χ1) is 17.0. The van der Waals surface area contributed by atoms with Crippen LogP contribution in [-0.4, -0.2) is 62.1 Å². The number of carboxylic acid groups (broad SMARTS) is 1. The normalized spacial score (nSPS) is 18.7. The van der Waals surface area contributed by atoms with Gasteiger partial charge in [0.1, 0.15) is 12.6 Å². The number of nitrogens with zero attached hydrogens (tertiary/aromatic N) is 3. The maximum atomic E-state index is 13.1. The Kier molecular flexibility index (Phi) is 6.16. The van der Waals surface area contributed by atoms with Gasteiger partial charge in [-0.25, -0.2) is 14.2 Å². The zero-order valence-corrected chi connectivity index (χ0v) is 19.5. The fraction of sp³-hybridized carbons (Fsp3) is 0.292. The van der Waals surface area contributed by atoms with Crippen LogP contribution in [-0.2, 0) is 9.53 Å². The summed E-state index contributed by atoms with van der Waals surface area (Å²) in [5.41, 5.74) is 4.07. The Labute approximate surface area is 204 Å². The number of ether oxygens (including phenoxy) is 1. The molecule has 1 aromatic heterocycles. The molecule has 35 heavy (non-hydrogen) atoms. The van der Waals surface area contributed by atoms with Gasteiger partial charge in [-0.2, -0.15) is 0 Å². The quantitative estimate of drug-likeness (QED) is 0.524. The van der Waals surface area contributed by atoms with Crippen molar-refractivity contribution in [1.82, 2.24) is 15.2 Å². The summed E-state index contributed by atoms with van der Waals surface area (Å²) >= 11 is 1.38. The maximum Gasteiger partial charge on any atom is 0.412 e. The van der Waals surface area contributed by atoms with E-state index in [0.29, 0.717) is 6.42 Å². The first-order valence-corrected chi connectivity index (χ1v) is 12.2. The van der Waals surface area contributed by atoms with Crippen LogP contribution >= 0.6 is 11.8 Å². The minimum absolute atomic E-state index is 0.0795. The van der Waals surface area contributed by atoms with Gasteiger partial charge in [0.25, 0.3) is 5.91 Å². The van der Waals surface area contributed by atoms with E-state index in [0.717, 1.165) is 22.3 Å². The third-order valence-corrected chi connectivity index (χ3v) is 7.67. The molecular weight excluding hydrogens is 472 g/mol. The summed E-state index contributed by atoms with van der Waals surface area (Å²) in [5, 5.41) is 18.8. The van der Waals surface area contributed by atoms with Crippen molar-refractivity contribution < 1.29 is 28.9 Å². The fourth-order valence-corrected chi connectivity index (χ4v) is 5.95. The lowest BCUT2D eigenvalue weighted by molar-refractivity contribution is -0.141. The lowest BCUT2D eigenvalue weighted by Crippen LogP contribution is -2.45. The molecule has 2 N–H and O–H groups in total. The van der Waals surface area contributed by atoms with Crippen molar-refractivity contribution in [2.45, 2.75) is 30.7 Å². The van der Waals surface area contributed by atoms with E-state index in [1.165, 1.54) is 16.7 Å². The Hall–Kier alpha value is -3.86. The molecule has 10 nitrogen and oxygen atoms in total. The van der Waals surface area contributed by atoms with E-state index in [4.69, 9.17) is 9.37 Å². The number of hydrogen-bond donors (Lipinski definition) is 2. The van der Waals surface area contributed by atoms with Gasteiger partial charge in [0.15, 0.2) is 0 Å². The van der Waals surface area contributed by atoms with Crippen LogP contribution in [0.2, 0.25) is 0 Å². The second kappa shape index (κ2) is 9.41. The Morgan fingerprint density at radius 2 is 1.77 bits per heavy atom. The average Bonchev–Trinajstić information content (AvgIpc) is 3.58. The highest BCUT2D eigenvalue weighted by molar-refractivity contribution is 8.00. The van der Waals surface area contributed by atoms with Gasteiger partial charge in [-0.15, -0.1) is 11.8 Å². The molecule has 2 heterocycles. The summed E-state index contributed by atoms with van der Waals surface area (Å²) in [6.07, 6.45) is -0.269. The van der Waals surface area contributed by atoms with E-state index in [-0.39, 0.29) is 35.2 Å². The Bertz CT molecular complexity index is 1250. The summed E-state index contributed by atoms with van der Waals surface area (Å²) in [5.74, 6) is -1.87.